The Morgan fingerprint density at radius 2 is 1.64 bits per heavy atom. The van der Waals surface area contributed by atoms with E-state index in [1.165, 1.54) is 11.8 Å². The van der Waals surface area contributed by atoms with Gasteiger partial charge < -0.3 is 4.74 Å². The van der Waals surface area contributed by atoms with Crippen molar-refractivity contribution >= 4 is 92.9 Å². The van der Waals surface area contributed by atoms with Gasteiger partial charge in [0.05, 0.1) is 12.4 Å². The molecule has 0 bridgehead atoms. The van der Waals surface area contributed by atoms with Crippen LogP contribution in [0.4, 0.5) is 0 Å². The van der Waals surface area contributed by atoms with Crippen LogP contribution >= 0.6 is 81.4 Å². The van der Waals surface area contributed by atoms with Gasteiger partial charge >= 0.3 is 5.97 Å². The number of carbonyl (C=O) groups excluding carboxylic acids is 1. The number of hydrogen-bond acceptors (Lipinski definition) is 6. The number of nitrogens with zero attached hydrogens (tertiary/aromatic N) is 3. The normalized spacial score (nSPS) is 13.5. The molecule has 0 atom stereocenters. The van der Waals surface area contributed by atoms with E-state index in [1.54, 1.807) is 43.6 Å². The summed E-state index contributed by atoms with van der Waals surface area (Å²) in [5, 5.41) is 1.72. The highest BCUT2D eigenvalue weighted by atomic mass is 35.6. The Kier molecular flexibility index (Phi) is 10.9. The van der Waals surface area contributed by atoms with Crippen molar-refractivity contribution in [3.05, 3.63) is 47.2 Å². The van der Waals surface area contributed by atoms with Gasteiger partial charge in [-0.05, 0) is 19.3 Å². The average molecular weight is 526 g/mol. The summed E-state index contributed by atoms with van der Waals surface area (Å²) >= 11 is 36.6. The number of aromatic nitrogens is 3. The van der Waals surface area contributed by atoms with Gasteiger partial charge in [-0.25, -0.2) is 15.0 Å². The van der Waals surface area contributed by atoms with E-state index in [2.05, 4.69) is 15.0 Å². The molecule has 0 saturated carbocycles. The number of ether oxygens (including phenoxy) is 1. The van der Waals surface area contributed by atoms with E-state index in [1.807, 2.05) is 0 Å². The van der Waals surface area contributed by atoms with Crippen LogP contribution in [0, 0.1) is 0 Å². The summed E-state index contributed by atoms with van der Waals surface area (Å²) < 4.78 is 0.974. The monoisotopic (exact) mass is 523 g/mol. The zero-order chi connectivity index (χ0) is 21.4. The molecule has 0 radical (unpaired) electrons. The van der Waals surface area contributed by atoms with Crippen molar-refractivity contribution in [3.8, 4) is 0 Å². The van der Waals surface area contributed by atoms with Gasteiger partial charge in [0.1, 0.15) is 0 Å². The Balaban J connectivity index is 3.21. The fourth-order valence-corrected chi connectivity index (χ4v) is 2.67. The second-order valence-corrected chi connectivity index (χ2v) is 10.3. The first-order valence-electron chi connectivity index (χ1n) is 7.66. The Labute approximate surface area is 197 Å². The minimum atomic E-state index is -1.94. The maximum Gasteiger partial charge on any atom is 0.316 e. The van der Waals surface area contributed by atoms with Crippen LogP contribution in [0.15, 0.2) is 29.7 Å². The van der Waals surface area contributed by atoms with Crippen molar-refractivity contribution in [1.29, 1.82) is 0 Å². The van der Waals surface area contributed by atoms with E-state index in [0.29, 0.717) is 12.2 Å². The number of rotatable bonds is 7. The summed E-state index contributed by atoms with van der Waals surface area (Å²) in [4.78, 5) is 23.6. The third-order valence-electron chi connectivity index (χ3n) is 2.70. The minimum absolute atomic E-state index is 0.149. The van der Waals surface area contributed by atoms with Crippen LogP contribution in [0.1, 0.15) is 31.3 Å². The molecule has 0 saturated heterocycles. The molecule has 0 N–H and O–H groups in total. The van der Waals surface area contributed by atoms with Gasteiger partial charge in [0.25, 0.3) is 0 Å². The zero-order valence-corrected chi connectivity index (χ0v) is 20.0. The molecule has 0 aliphatic rings. The molecule has 1 rings (SSSR count). The van der Waals surface area contributed by atoms with Crippen molar-refractivity contribution in [2.45, 2.75) is 21.4 Å². The van der Waals surface area contributed by atoms with Crippen LogP contribution in [0.3, 0.4) is 0 Å². The SMILES string of the molecule is C\C=C/C(=C\C=C\SCC(=O)OCC)c1nc(C(Cl)(Cl)Cl)nc(C(Cl)(Cl)Cl)n1. The standard InChI is InChI=1S/C16H15Cl6N3O2S/c1-3-6-10(7-5-8-28-9-11(26)27-4-2)12-23-13(15(17,18)19)25-14(24-12)16(20,21)22/h3,5-8H,4,9H2,1-2H3/b6-3-,8-5+,10-7+. The lowest BCUT2D eigenvalue weighted by atomic mass is 10.2. The Morgan fingerprint density at radius 3 is 2.11 bits per heavy atom. The molecular formula is C16H15Cl6N3O2S. The number of esters is 1. The summed E-state index contributed by atoms with van der Waals surface area (Å²) in [6.45, 7) is 3.89. The molecule has 0 aromatic carbocycles. The lowest BCUT2D eigenvalue weighted by Gasteiger charge is -2.15. The second-order valence-electron chi connectivity index (χ2n) is 4.87. The molecule has 0 aliphatic carbocycles. The van der Waals surface area contributed by atoms with Crippen molar-refractivity contribution in [1.82, 2.24) is 15.0 Å². The molecule has 0 fully saturated rings. The molecule has 154 valence electrons. The number of halogens is 6. The molecular weight excluding hydrogens is 511 g/mol. The quantitative estimate of drug-likeness (QED) is 0.236. The molecule has 0 spiro atoms. The third-order valence-corrected chi connectivity index (χ3v) is 4.47. The van der Waals surface area contributed by atoms with Gasteiger partial charge in [-0.3, -0.25) is 4.79 Å². The fraction of sp³-hybridized carbons (Fsp3) is 0.375. The van der Waals surface area contributed by atoms with Gasteiger partial charge in [-0.2, -0.15) is 0 Å². The van der Waals surface area contributed by atoms with Gasteiger partial charge in [-0.1, -0.05) is 93.9 Å². The number of thioether (sulfide) groups is 1. The lowest BCUT2D eigenvalue weighted by Crippen LogP contribution is -2.17. The highest BCUT2D eigenvalue weighted by molar-refractivity contribution is 8.02. The largest absolute Gasteiger partial charge is 0.465 e. The van der Waals surface area contributed by atoms with E-state index < -0.39 is 7.59 Å². The Bertz CT molecular complexity index is 740. The van der Waals surface area contributed by atoms with Crippen molar-refractivity contribution < 1.29 is 9.53 Å². The number of carbonyl (C=O) groups is 1. The minimum Gasteiger partial charge on any atom is -0.465 e. The first-order valence-corrected chi connectivity index (χ1v) is 11.0. The Morgan fingerprint density at radius 1 is 1.07 bits per heavy atom. The van der Waals surface area contributed by atoms with Gasteiger partial charge in [-0.15, -0.1) is 11.8 Å². The van der Waals surface area contributed by atoms with Crippen molar-refractivity contribution in [3.63, 3.8) is 0 Å². The van der Waals surface area contributed by atoms with Crippen LogP contribution in [-0.4, -0.2) is 33.3 Å². The molecule has 28 heavy (non-hydrogen) atoms. The van der Waals surface area contributed by atoms with E-state index in [0.717, 1.165) is 0 Å². The number of alkyl halides is 6. The smallest absolute Gasteiger partial charge is 0.316 e. The first kappa shape index (κ1) is 25.8. The van der Waals surface area contributed by atoms with E-state index in [-0.39, 0.29) is 29.2 Å². The summed E-state index contributed by atoms with van der Waals surface area (Å²) in [5.41, 5.74) is 0.545. The molecule has 0 unspecified atom stereocenters. The molecule has 1 aromatic heterocycles. The summed E-state index contributed by atoms with van der Waals surface area (Å²) in [7, 11) is 0. The lowest BCUT2D eigenvalue weighted by molar-refractivity contribution is -0.139. The van der Waals surface area contributed by atoms with Crippen LogP contribution in [0.5, 0.6) is 0 Å². The maximum atomic E-state index is 11.3. The van der Waals surface area contributed by atoms with E-state index >= 15 is 0 Å². The second kappa shape index (κ2) is 11.8. The average Bonchev–Trinajstić information content (AvgIpc) is 2.59. The summed E-state index contributed by atoms with van der Waals surface area (Å²) in [6, 6.07) is 0. The van der Waals surface area contributed by atoms with E-state index in [4.69, 9.17) is 74.3 Å². The van der Waals surface area contributed by atoms with Gasteiger partial charge in [0, 0.05) is 5.57 Å². The molecule has 1 aromatic rings. The zero-order valence-electron chi connectivity index (χ0n) is 14.6. The first-order chi connectivity index (χ1) is 13.0. The Hall–Kier alpha value is -0.210. The van der Waals surface area contributed by atoms with Gasteiger partial charge in [0.15, 0.2) is 17.5 Å². The fourth-order valence-electron chi connectivity index (χ4n) is 1.66. The molecule has 5 nitrogen and oxygen atoms in total. The van der Waals surface area contributed by atoms with Crippen molar-refractivity contribution in [2.75, 3.05) is 12.4 Å². The highest BCUT2D eigenvalue weighted by Crippen LogP contribution is 2.40. The maximum absolute atomic E-state index is 11.3. The molecule has 12 heteroatoms. The topological polar surface area (TPSA) is 65.0 Å². The molecule has 1 heterocycles. The van der Waals surface area contributed by atoms with Crippen LogP contribution in [-0.2, 0) is 17.1 Å². The summed E-state index contributed by atoms with van der Waals surface area (Å²) in [5.74, 6) is -0.319. The van der Waals surface area contributed by atoms with Crippen LogP contribution in [0.2, 0.25) is 0 Å². The third kappa shape index (κ3) is 9.08. The van der Waals surface area contributed by atoms with Crippen molar-refractivity contribution in [2.24, 2.45) is 0 Å². The van der Waals surface area contributed by atoms with Gasteiger partial charge in [0.2, 0.25) is 7.59 Å². The predicted molar refractivity (Wildman–Crippen MR) is 119 cm³/mol. The predicted octanol–water partition coefficient (Wildman–Crippen LogP) is 6.29. The number of allylic oxidation sites excluding steroid dienone is 5. The number of hydrogen-bond donors (Lipinski definition) is 0. The van der Waals surface area contributed by atoms with Crippen LogP contribution < -0.4 is 0 Å². The van der Waals surface area contributed by atoms with Crippen LogP contribution in [0.25, 0.3) is 5.57 Å². The highest BCUT2D eigenvalue weighted by Gasteiger charge is 2.34. The molecule has 0 amide bonds. The van der Waals surface area contributed by atoms with E-state index in [9.17, 15) is 4.79 Å². The summed E-state index contributed by atoms with van der Waals surface area (Å²) in [6.07, 6.45) is 6.88. The molecule has 0 aliphatic heterocycles.